The number of hydrogen-bond acceptors (Lipinski definition) is 6. The van der Waals surface area contributed by atoms with Gasteiger partial charge in [-0.2, -0.15) is 5.26 Å². The third-order valence-electron chi connectivity index (χ3n) is 5.66. The minimum atomic E-state index is -0.769. The van der Waals surface area contributed by atoms with Crippen molar-refractivity contribution in [3.63, 3.8) is 0 Å². The summed E-state index contributed by atoms with van der Waals surface area (Å²) in [5.74, 6) is -0.764. The molecule has 1 aliphatic rings. The molecule has 2 heterocycles. The third kappa shape index (κ3) is 4.38. The van der Waals surface area contributed by atoms with Gasteiger partial charge in [-0.25, -0.2) is 4.79 Å². The second-order valence-corrected chi connectivity index (χ2v) is 7.78. The van der Waals surface area contributed by atoms with Gasteiger partial charge in [-0.15, -0.1) is 0 Å². The largest absolute Gasteiger partial charge is 0.419 e. The summed E-state index contributed by atoms with van der Waals surface area (Å²) in [5.41, 5.74) is 10.1. The molecule has 160 valence electrons. The van der Waals surface area contributed by atoms with Gasteiger partial charge in [0.2, 0.25) is 5.91 Å². The second-order valence-electron chi connectivity index (χ2n) is 7.78. The molecule has 1 saturated heterocycles. The molecule has 0 aliphatic carbocycles. The highest BCUT2D eigenvalue weighted by Crippen LogP contribution is 2.24. The van der Waals surface area contributed by atoms with Crippen molar-refractivity contribution < 1.29 is 13.9 Å². The lowest BCUT2D eigenvalue weighted by molar-refractivity contribution is -0.125. The van der Waals surface area contributed by atoms with Crippen molar-refractivity contribution in [3.05, 3.63) is 58.6 Å². The maximum absolute atomic E-state index is 12.4. The molecule has 31 heavy (non-hydrogen) atoms. The lowest BCUT2D eigenvalue weighted by Gasteiger charge is -2.20. The number of nitriles is 1. The smallest absolute Gasteiger partial charge is 0.408 e. The molecule has 2 aromatic carbocycles. The van der Waals surface area contributed by atoms with Crippen molar-refractivity contribution in [1.29, 1.82) is 5.26 Å². The molecule has 1 fully saturated rings. The lowest BCUT2D eigenvalue weighted by atomic mass is 10.0. The minimum Gasteiger partial charge on any atom is -0.408 e. The number of aromatic nitrogens is 1. The molecule has 1 aromatic heterocycles. The van der Waals surface area contributed by atoms with Crippen molar-refractivity contribution in [2.45, 2.75) is 37.5 Å². The quantitative estimate of drug-likeness (QED) is 0.627. The zero-order valence-corrected chi connectivity index (χ0v) is 17.2. The molecule has 8 nitrogen and oxygen atoms in total. The number of carbonyl (C=O) groups excluding carboxylic acids is 1. The summed E-state index contributed by atoms with van der Waals surface area (Å²) in [6, 6.07) is 14.0. The number of aryl methyl sites for hydroxylation is 1. The Labute approximate surface area is 179 Å². The third-order valence-corrected chi connectivity index (χ3v) is 5.66. The molecular weight excluding hydrogens is 396 g/mol. The van der Waals surface area contributed by atoms with Gasteiger partial charge in [-0.1, -0.05) is 30.3 Å². The van der Waals surface area contributed by atoms with E-state index in [2.05, 4.69) is 11.4 Å². The van der Waals surface area contributed by atoms with E-state index < -0.39 is 17.8 Å². The summed E-state index contributed by atoms with van der Waals surface area (Å²) in [7, 11) is 1.67. The van der Waals surface area contributed by atoms with Crippen LogP contribution >= 0.6 is 0 Å². The Balaban J connectivity index is 1.43. The maximum Gasteiger partial charge on any atom is 0.419 e. The fraction of sp³-hybridized carbons (Fsp3) is 0.348. The summed E-state index contributed by atoms with van der Waals surface area (Å²) >= 11 is 0. The highest BCUT2D eigenvalue weighted by molar-refractivity contribution is 5.83. The minimum absolute atomic E-state index is 0.286. The van der Waals surface area contributed by atoms with Crippen LogP contribution in [0.5, 0.6) is 0 Å². The van der Waals surface area contributed by atoms with Gasteiger partial charge in [0, 0.05) is 20.1 Å². The number of nitrogens with two attached hydrogens (primary N) is 1. The normalized spacial score (nSPS) is 17.9. The van der Waals surface area contributed by atoms with E-state index in [1.807, 2.05) is 36.4 Å². The number of rotatable bonds is 6. The monoisotopic (exact) mass is 420 g/mol. The first kappa shape index (κ1) is 20.8. The van der Waals surface area contributed by atoms with Crippen LogP contribution < -0.4 is 16.8 Å². The van der Waals surface area contributed by atoms with Crippen LogP contribution in [0, 0.1) is 11.3 Å². The number of fused-ring (bicyclic) bond motifs is 1. The first-order chi connectivity index (χ1) is 15.0. The van der Waals surface area contributed by atoms with Crippen LogP contribution in [0.3, 0.4) is 0 Å². The summed E-state index contributed by atoms with van der Waals surface area (Å²) in [6.07, 6.45) is 1.73. The van der Waals surface area contributed by atoms with Crippen LogP contribution in [0.1, 0.15) is 18.4 Å². The van der Waals surface area contributed by atoms with Gasteiger partial charge in [-0.05, 0) is 41.7 Å². The summed E-state index contributed by atoms with van der Waals surface area (Å²) in [5, 5.41) is 12.2. The van der Waals surface area contributed by atoms with E-state index in [9.17, 15) is 14.9 Å². The Bertz CT molecular complexity index is 1180. The molecule has 8 heteroatoms. The van der Waals surface area contributed by atoms with E-state index >= 15 is 0 Å². The molecular formula is C23H24N4O4. The summed E-state index contributed by atoms with van der Waals surface area (Å²) in [4.78, 5) is 24.0. The van der Waals surface area contributed by atoms with Crippen molar-refractivity contribution in [3.8, 4) is 17.2 Å². The Morgan fingerprint density at radius 1 is 1.29 bits per heavy atom. The number of nitrogens with zero attached hydrogens (tertiary/aromatic N) is 2. The van der Waals surface area contributed by atoms with Gasteiger partial charge in [0.05, 0.1) is 17.7 Å². The number of hydrogen-bond donors (Lipinski definition) is 2. The van der Waals surface area contributed by atoms with Crippen molar-refractivity contribution in [2.75, 3.05) is 6.61 Å². The molecule has 1 aliphatic heterocycles. The zero-order valence-electron chi connectivity index (χ0n) is 17.2. The van der Waals surface area contributed by atoms with Gasteiger partial charge < -0.3 is 20.2 Å². The molecule has 4 rings (SSSR count). The summed E-state index contributed by atoms with van der Waals surface area (Å²) < 4.78 is 12.1. The van der Waals surface area contributed by atoms with Crippen LogP contribution in [0.2, 0.25) is 0 Å². The molecule has 0 saturated carbocycles. The molecule has 0 spiro atoms. The highest BCUT2D eigenvalue weighted by Gasteiger charge is 2.29. The van der Waals surface area contributed by atoms with Crippen LogP contribution in [0.4, 0.5) is 0 Å². The fourth-order valence-electron chi connectivity index (χ4n) is 3.83. The SMILES string of the molecule is Cn1c(=O)oc2ccc(-c3ccc(C[C@@H](C#N)NC(=O)[C@H](N)[C@H]4CCCO4)cc3)cc21. The number of amides is 1. The van der Waals surface area contributed by atoms with E-state index in [0.29, 0.717) is 18.6 Å². The first-order valence-corrected chi connectivity index (χ1v) is 10.2. The second kappa shape index (κ2) is 8.76. The molecule has 3 aromatic rings. The van der Waals surface area contributed by atoms with Gasteiger partial charge in [0.25, 0.3) is 0 Å². The topological polar surface area (TPSA) is 123 Å². The van der Waals surface area contributed by atoms with Gasteiger partial charge in [0.15, 0.2) is 5.58 Å². The van der Waals surface area contributed by atoms with E-state index in [0.717, 1.165) is 35.0 Å². The standard InChI is InChI=1S/C23H24N4O4/c1-27-18-12-16(8-9-19(18)31-23(27)29)15-6-4-14(5-7-15)11-17(13-24)26-22(28)21(25)20-3-2-10-30-20/h4-9,12,17,20-21H,2-3,10-11,25H2,1H3,(H,26,28)/t17-,20+,21+/m0/s1. The maximum atomic E-state index is 12.4. The number of ether oxygens (including phenoxy) is 1. The van der Waals surface area contributed by atoms with Gasteiger partial charge in [-0.3, -0.25) is 9.36 Å². The fourth-order valence-corrected chi connectivity index (χ4v) is 3.83. The Kier molecular flexibility index (Phi) is 5.89. The highest BCUT2D eigenvalue weighted by atomic mass is 16.5. The summed E-state index contributed by atoms with van der Waals surface area (Å²) in [6.45, 7) is 0.615. The zero-order chi connectivity index (χ0) is 22.0. The first-order valence-electron chi connectivity index (χ1n) is 10.2. The molecule has 3 atom stereocenters. The van der Waals surface area contributed by atoms with Crippen molar-refractivity contribution >= 4 is 17.0 Å². The van der Waals surface area contributed by atoms with Crippen LogP contribution in [-0.2, 0) is 23.0 Å². The predicted octanol–water partition coefficient (Wildman–Crippen LogP) is 1.86. The molecule has 0 radical (unpaired) electrons. The lowest BCUT2D eigenvalue weighted by Crippen LogP contribution is -2.51. The molecule has 3 N–H and O–H groups in total. The van der Waals surface area contributed by atoms with Gasteiger partial charge >= 0.3 is 5.76 Å². The average Bonchev–Trinajstić information content (AvgIpc) is 3.42. The molecule has 0 bridgehead atoms. The molecule has 1 amide bonds. The predicted molar refractivity (Wildman–Crippen MR) is 115 cm³/mol. The van der Waals surface area contributed by atoms with Crippen LogP contribution in [0.25, 0.3) is 22.2 Å². The van der Waals surface area contributed by atoms with E-state index in [1.165, 1.54) is 4.57 Å². The van der Waals surface area contributed by atoms with Crippen LogP contribution in [-0.4, -0.2) is 35.3 Å². The van der Waals surface area contributed by atoms with E-state index in [1.54, 1.807) is 13.1 Å². The average molecular weight is 420 g/mol. The number of oxazole rings is 1. The Morgan fingerprint density at radius 2 is 2.03 bits per heavy atom. The van der Waals surface area contributed by atoms with Crippen molar-refractivity contribution in [2.24, 2.45) is 12.8 Å². The Hall–Kier alpha value is -3.41. The van der Waals surface area contributed by atoms with Gasteiger partial charge in [0.1, 0.15) is 12.1 Å². The van der Waals surface area contributed by atoms with E-state index in [4.69, 9.17) is 14.9 Å². The molecule has 0 unspecified atom stereocenters. The van der Waals surface area contributed by atoms with Crippen LogP contribution in [0.15, 0.2) is 51.7 Å². The number of carbonyl (C=O) groups is 1. The number of benzene rings is 2. The Morgan fingerprint density at radius 3 is 2.71 bits per heavy atom. The van der Waals surface area contributed by atoms with E-state index in [-0.39, 0.29) is 12.0 Å². The number of nitrogens with one attached hydrogen (secondary N) is 1. The van der Waals surface area contributed by atoms with Crippen molar-refractivity contribution in [1.82, 2.24) is 9.88 Å².